The van der Waals surface area contributed by atoms with E-state index in [4.69, 9.17) is 0 Å². The highest BCUT2D eigenvalue weighted by Crippen LogP contribution is 2.21. The zero-order chi connectivity index (χ0) is 7.33. The molecule has 0 aromatic rings. The molecule has 0 aromatic carbocycles. The first kappa shape index (κ1) is 9.01. The number of halogens is 3. The smallest absolute Gasteiger partial charge is 0.171 e. The fourth-order valence-electron chi connectivity index (χ4n) is 0.405. The van der Waals surface area contributed by atoms with E-state index < -0.39 is 12.6 Å². The largest absolute Gasteiger partial charge is 0.389 e. The molecule has 0 amide bonds. The molecule has 4 heteroatoms. The Bertz CT molecular complexity index is 69.1. The van der Waals surface area contributed by atoms with Crippen LogP contribution in [0.3, 0.4) is 0 Å². The predicted molar refractivity (Wildman–Crippen MR) is 30.0 cm³/mol. The highest BCUT2D eigenvalue weighted by molar-refractivity contribution is 6.14. The first-order valence-corrected chi connectivity index (χ1v) is 3.19. The lowest BCUT2D eigenvalue weighted by atomic mass is 10.2. The van der Waals surface area contributed by atoms with Gasteiger partial charge in [-0.25, -0.2) is 0 Å². The van der Waals surface area contributed by atoms with Crippen molar-refractivity contribution in [1.82, 2.24) is 0 Å². The molecule has 0 fully saturated rings. The summed E-state index contributed by atoms with van der Waals surface area (Å²) in [5, 5.41) is 0. The van der Waals surface area contributed by atoms with Gasteiger partial charge in [0.2, 0.25) is 0 Å². The molecule has 9 heavy (non-hydrogen) atoms. The van der Waals surface area contributed by atoms with Gasteiger partial charge >= 0.3 is 6.18 Å². The second-order valence-electron chi connectivity index (χ2n) is 1.71. The van der Waals surface area contributed by atoms with Crippen molar-refractivity contribution in [3.05, 3.63) is 6.04 Å². The highest BCUT2D eigenvalue weighted by Gasteiger charge is 2.25. The lowest BCUT2D eigenvalue weighted by Crippen LogP contribution is -2.06. The first-order valence-electron chi connectivity index (χ1n) is 2.62. The zero-order valence-corrected chi connectivity index (χ0v) is 5.83. The van der Waals surface area contributed by atoms with Crippen molar-refractivity contribution in [2.75, 3.05) is 0 Å². The molecule has 0 nitrogen and oxygen atoms in total. The molecule has 0 unspecified atom stereocenters. The first-order chi connectivity index (χ1) is 4.06. The van der Waals surface area contributed by atoms with Crippen molar-refractivity contribution in [3.63, 3.8) is 0 Å². The van der Waals surface area contributed by atoms with Gasteiger partial charge in [0.15, 0.2) is 0 Å². The molecule has 4 radical (unpaired) electrons. The van der Waals surface area contributed by atoms with Crippen LogP contribution in [0.25, 0.3) is 0 Å². The molecule has 0 aliphatic carbocycles. The monoisotopic (exact) mass is 152 g/mol. The van der Waals surface area contributed by atoms with Gasteiger partial charge < -0.3 is 0 Å². The summed E-state index contributed by atoms with van der Waals surface area (Å²) in [5.41, 5.74) is 0. The van der Waals surface area contributed by atoms with Crippen LogP contribution in [0.15, 0.2) is 0 Å². The predicted octanol–water partition coefficient (Wildman–Crippen LogP) is 2.05. The van der Waals surface area contributed by atoms with E-state index in [1.165, 1.54) is 0 Å². The molecular formula is C5H7F3Si. The minimum absolute atomic E-state index is 0.174. The fraction of sp³-hybridized carbons (Fsp3) is 0.800. The molecule has 0 spiro atoms. The molecule has 52 valence electrons. The minimum Gasteiger partial charge on any atom is -0.171 e. The fourth-order valence-corrected chi connectivity index (χ4v) is 0.609. The van der Waals surface area contributed by atoms with E-state index in [2.05, 4.69) is 10.2 Å². The van der Waals surface area contributed by atoms with Crippen LogP contribution in [0.2, 0.25) is 0 Å². The van der Waals surface area contributed by atoms with Crippen LogP contribution < -0.4 is 0 Å². The zero-order valence-electron chi connectivity index (χ0n) is 4.83. The lowest BCUT2D eigenvalue weighted by molar-refractivity contribution is -0.135. The second-order valence-corrected chi connectivity index (χ2v) is 2.12. The normalized spacial score (nSPS) is 12.0. The van der Waals surface area contributed by atoms with Gasteiger partial charge in [-0.3, -0.25) is 0 Å². The van der Waals surface area contributed by atoms with Gasteiger partial charge in [0.05, 0.1) is 0 Å². The molecule has 0 atom stereocenters. The molecule has 0 aliphatic rings. The third-order valence-electron chi connectivity index (χ3n) is 0.809. The van der Waals surface area contributed by atoms with E-state index in [9.17, 15) is 13.2 Å². The number of rotatable bonds is 3. The van der Waals surface area contributed by atoms with Crippen LogP contribution in [0, 0.1) is 6.04 Å². The lowest BCUT2D eigenvalue weighted by Gasteiger charge is -2.03. The summed E-state index contributed by atoms with van der Waals surface area (Å²) in [6, 6.07) is 1.55. The van der Waals surface area contributed by atoms with Crippen molar-refractivity contribution >= 4 is 10.2 Å². The SMILES string of the molecule is FC(F)(F)CCC[CH][Si]. The van der Waals surface area contributed by atoms with E-state index in [0.717, 1.165) is 0 Å². The van der Waals surface area contributed by atoms with Gasteiger partial charge in [0, 0.05) is 16.7 Å². The number of unbranched alkanes of at least 4 members (excludes halogenated alkanes) is 1. The van der Waals surface area contributed by atoms with Crippen molar-refractivity contribution in [2.24, 2.45) is 0 Å². The van der Waals surface area contributed by atoms with Crippen LogP contribution in [-0.4, -0.2) is 16.4 Å². The van der Waals surface area contributed by atoms with E-state index >= 15 is 0 Å². The number of alkyl halides is 3. The molecule has 0 saturated carbocycles. The second kappa shape index (κ2) is 3.93. The molecule has 0 aromatic heterocycles. The summed E-state index contributed by atoms with van der Waals surface area (Å²) in [7, 11) is 2.97. The van der Waals surface area contributed by atoms with Gasteiger partial charge in [0.1, 0.15) is 0 Å². The summed E-state index contributed by atoms with van der Waals surface area (Å²) in [6.45, 7) is 0. The standard InChI is InChI=1S/C5H7F3Si/c6-5(7,8)3-1-2-4-9/h4H,1-3H2. The highest BCUT2D eigenvalue weighted by atomic mass is 28.1. The number of hydrogen-bond donors (Lipinski definition) is 0. The Hall–Kier alpha value is 0.00688. The van der Waals surface area contributed by atoms with Crippen molar-refractivity contribution in [1.29, 1.82) is 0 Å². The third-order valence-corrected chi connectivity index (χ3v) is 1.10. The maximum absolute atomic E-state index is 11.3. The van der Waals surface area contributed by atoms with Crippen molar-refractivity contribution < 1.29 is 13.2 Å². The Balaban J connectivity index is 3.07. The summed E-state index contributed by atoms with van der Waals surface area (Å²) in [5.74, 6) is 0. The van der Waals surface area contributed by atoms with E-state index in [-0.39, 0.29) is 6.42 Å². The van der Waals surface area contributed by atoms with Gasteiger partial charge in [0.25, 0.3) is 0 Å². The maximum Gasteiger partial charge on any atom is 0.389 e. The Kier molecular flexibility index (Phi) is 3.93. The summed E-state index contributed by atoms with van der Waals surface area (Å²) in [6.07, 6.45) is -4.04. The molecule has 0 bridgehead atoms. The Labute approximate surface area is 55.9 Å². The molecule has 0 rings (SSSR count). The average Bonchev–Trinajstić information content (AvgIpc) is 1.63. The number of hydrogen-bond acceptors (Lipinski definition) is 0. The Morgan fingerprint density at radius 1 is 1.33 bits per heavy atom. The minimum atomic E-state index is -3.99. The topological polar surface area (TPSA) is 0 Å². The van der Waals surface area contributed by atoms with Gasteiger partial charge in [-0.1, -0.05) is 12.5 Å². The molecular weight excluding hydrogens is 145 g/mol. The molecule has 0 aliphatic heterocycles. The van der Waals surface area contributed by atoms with Gasteiger partial charge in [-0.05, 0) is 6.42 Å². The summed E-state index contributed by atoms with van der Waals surface area (Å²) >= 11 is 0. The molecule has 0 N–H and O–H groups in total. The Morgan fingerprint density at radius 2 is 1.89 bits per heavy atom. The van der Waals surface area contributed by atoms with Crippen molar-refractivity contribution in [2.45, 2.75) is 25.4 Å². The molecule has 0 heterocycles. The van der Waals surface area contributed by atoms with Crippen LogP contribution in [0.1, 0.15) is 19.3 Å². The summed E-state index contributed by atoms with van der Waals surface area (Å²) in [4.78, 5) is 0. The van der Waals surface area contributed by atoms with Crippen molar-refractivity contribution in [3.8, 4) is 0 Å². The van der Waals surface area contributed by atoms with E-state index in [1.54, 1.807) is 6.04 Å². The van der Waals surface area contributed by atoms with E-state index in [0.29, 0.717) is 6.42 Å². The van der Waals surface area contributed by atoms with Gasteiger partial charge in [-0.2, -0.15) is 13.2 Å². The van der Waals surface area contributed by atoms with E-state index in [1.807, 2.05) is 0 Å². The maximum atomic E-state index is 11.3. The average molecular weight is 152 g/mol. The quantitative estimate of drug-likeness (QED) is 0.429. The van der Waals surface area contributed by atoms with Crippen LogP contribution in [0.5, 0.6) is 0 Å². The van der Waals surface area contributed by atoms with Crippen LogP contribution in [0.4, 0.5) is 13.2 Å². The summed E-state index contributed by atoms with van der Waals surface area (Å²) < 4.78 is 34.0. The van der Waals surface area contributed by atoms with Crippen LogP contribution >= 0.6 is 0 Å². The van der Waals surface area contributed by atoms with Gasteiger partial charge in [-0.15, -0.1) is 0 Å². The Morgan fingerprint density at radius 3 is 2.22 bits per heavy atom. The third kappa shape index (κ3) is 8.01. The van der Waals surface area contributed by atoms with Crippen LogP contribution in [-0.2, 0) is 0 Å². The molecule has 0 saturated heterocycles.